The Bertz CT molecular complexity index is 714. The van der Waals surface area contributed by atoms with Crippen molar-refractivity contribution in [3.8, 4) is 0 Å². The summed E-state index contributed by atoms with van der Waals surface area (Å²) in [5.41, 5.74) is 0.221. The monoisotopic (exact) mass is 446 g/mol. The third-order valence-corrected chi connectivity index (χ3v) is 6.42. The second-order valence-corrected chi connectivity index (χ2v) is 10.5. The molecule has 0 aromatic heterocycles. The van der Waals surface area contributed by atoms with Crippen molar-refractivity contribution in [2.75, 3.05) is 19.6 Å². The lowest BCUT2D eigenvalue weighted by Gasteiger charge is -2.32. The van der Waals surface area contributed by atoms with Crippen molar-refractivity contribution in [2.24, 2.45) is 5.92 Å². The SMILES string of the molecule is CC(C)(C)OC(=O)NCC1CCCN(S(=O)(=O)Cc2ccc(Br)cc2)C1. The lowest BCUT2D eigenvalue weighted by molar-refractivity contribution is 0.0513. The number of piperidine rings is 1. The van der Waals surface area contributed by atoms with E-state index in [0.717, 1.165) is 22.9 Å². The smallest absolute Gasteiger partial charge is 0.407 e. The normalized spacial score (nSPS) is 19.2. The molecule has 1 aromatic carbocycles. The van der Waals surface area contributed by atoms with E-state index in [1.165, 1.54) is 0 Å². The number of hydrogen-bond donors (Lipinski definition) is 1. The molecule has 0 saturated carbocycles. The molecular weight excluding hydrogens is 420 g/mol. The second kappa shape index (κ2) is 8.71. The molecule has 1 fully saturated rings. The number of sulfonamides is 1. The van der Waals surface area contributed by atoms with Gasteiger partial charge in [0.05, 0.1) is 5.75 Å². The Morgan fingerprint density at radius 3 is 2.58 bits per heavy atom. The van der Waals surface area contributed by atoms with E-state index >= 15 is 0 Å². The number of carbonyl (C=O) groups excluding carboxylic acids is 1. The molecule has 1 amide bonds. The number of amides is 1. The van der Waals surface area contributed by atoms with Crippen molar-refractivity contribution in [3.05, 3.63) is 34.3 Å². The maximum Gasteiger partial charge on any atom is 0.407 e. The Hall–Kier alpha value is -1.12. The zero-order valence-corrected chi connectivity index (χ0v) is 17.9. The molecule has 146 valence electrons. The van der Waals surface area contributed by atoms with Crippen molar-refractivity contribution in [3.63, 3.8) is 0 Å². The molecule has 1 N–H and O–H groups in total. The van der Waals surface area contributed by atoms with Gasteiger partial charge in [-0.15, -0.1) is 0 Å². The highest BCUT2D eigenvalue weighted by molar-refractivity contribution is 9.10. The van der Waals surface area contributed by atoms with Crippen LogP contribution in [0.5, 0.6) is 0 Å². The van der Waals surface area contributed by atoms with E-state index in [9.17, 15) is 13.2 Å². The van der Waals surface area contributed by atoms with Crippen LogP contribution < -0.4 is 5.32 Å². The molecule has 1 atom stereocenters. The van der Waals surface area contributed by atoms with E-state index in [4.69, 9.17) is 4.74 Å². The van der Waals surface area contributed by atoms with Gasteiger partial charge in [0.15, 0.2) is 0 Å². The molecule has 26 heavy (non-hydrogen) atoms. The number of hydrogen-bond acceptors (Lipinski definition) is 4. The van der Waals surface area contributed by atoms with Crippen LogP contribution in [0.15, 0.2) is 28.7 Å². The molecule has 1 unspecified atom stereocenters. The molecule has 1 saturated heterocycles. The fourth-order valence-electron chi connectivity index (χ4n) is 2.87. The van der Waals surface area contributed by atoms with Crippen LogP contribution in [-0.2, 0) is 20.5 Å². The fourth-order valence-corrected chi connectivity index (χ4v) is 4.78. The van der Waals surface area contributed by atoms with Crippen LogP contribution in [-0.4, -0.2) is 44.1 Å². The molecule has 0 radical (unpaired) electrons. The molecule has 1 aliphatic rings. The van der Waals surface area contributed by atoms with E-state index < -0.39 is 21.7 Å². The summed E-state index contributed by atoms with van der Waals surface area (Å²) in [6.07, 6.45) is 1.22. The Morgan fingerprint density at radius 2 is 1.96 bits per heavy atom. The lowest BCUT2D eigenvalue weighted by atomic mass is 10.00. The minimum absolute atomic E-state index is 0.00745. The number of benzene rings is 1. The molecule has 0 aliphatic carbocycles. The second-order valence-electron chi connectivity index (χ2n) is 7.63. The first kappa shape index (κ1) is 21.2. The number of nitrogens with zero attached hydrogens (tertiary/aromatic N) is 1. The van der Waals surface area contributed by atoms with Crippen LogP contribution in [0, 0.1) is 5.92 Å². The Morgan fingerprint density at radius 1 is 1.31 bits per heavy atom. The number of ether oxygens (including phenoxy) is 1. The topological polar surface area (TPSA) is 75.7 Å². The summed E-state index contributed by atoms with van der Waals surface area (Å²) in [5.74, 6) is 0.0860. The van der Waals surface area contributed by atoms with Crippen molar-refractivity contribution in [1.29, 1.82) is 0 Å². The first-order valence-electron chi connectivity index (χ1n) is 8.74. The minimum atomic E-state index is -3.38. The highest BCUT2D eigenvalue weighted by atomic mass is 79.9. The van der Waals surface area contributed by atoms with Crippen molar-refractivity contribution in [1.82, 2.24) is 9.62 Å². The lowest BCUT2D eigenvalue weighted by Crippen LogP contribution is -2.44. The molecule has 6 nitrogen and oxygen atoms in total. The predicted molar refractivity (Wildman–Crippen MR) is 105 cm³/mol. The Kier molecular flexibility index (Phi) is 7.10. The van der Waals surface area contributed by atoms with Crippen molar-refractivity contribution in [2.45, 2.75) is 45.0 Å². The summed E-state index contributed by atoms with van der Waals surface area (Å²) in [7, 11) is -3.38. The quantitative estimate of drug-likeness (QED) is 0.750. The van der Waals surface area contributed by atoms with Gasteiger partial charge in [0.25, 0.3) is 0 Å². The largest absolute Gasteiger partial charge is 0.444 e. The molecule has 1 aromatic rings. The zero-order chi connectivity index (χ0) is 19.4. The molecule has 1 aliphatic heterocycles. The van der Waals surface area contributed by atoms with Crippen LogP contribution in [0.3, 0.4) is 0 Å². The van der Waals surface area contributed by atoms with E-state index in [1.54, 1.807) is 4.31 Å². The maximum atomic E-state index is 12.7. The van der Waals surface area contributed by atoms with E-state index in [2.05, 4.69) is 21.2 Å². The number of alkyl carbamates (subject to hydrolysis) is 1. The van der Waals surface area contributed by atoms with Gasteiger partial charge in [-0.1, -0.05) is 28.1 Å². The van der Waals surface area contributed by atoms with Crippen LogP contribution >= 0.6 is 15.9 Å². The first-order valence-corrected chi connectivity index (χ1v) is 11.1. The van der Waals surface area contributed by atoms with Gasteiger partial charge in [0.2, 0.25) is 10.0 Å². The van der Waals surface area contributed by atoms with Gasteiger partial charge in [-0.25, -0.2) is 17.5 Å². The average Bonchev–Trinajstić information content (AvgIpc) is 2.54. The van der Waals surface area contributed by atoms with Crippen molar-refractivity contribution >= 4 is 32.0 Å². The van der Waals surface area contributed by atoms with Crippen LogP contribution in [0.2, 0.25) is 0 Å². The van der Waals surface area contributed by atoms with E-state index in [0.29, 0.717) is 19.6 Å². The summed E-state index contributed by atoms with van der Waals surface area (Å²) in [6.45, 7) is 6.80. The fraction of sp³-hybridized carbons (Fsp3) is 0.611. The van der Waals surface area contributed by atoms with Gasteiger partial charge < -0.3 is 10.1 Å². The van der Waals surface area contributed by atoms with Crippen molar-refractivity contribution < 1.29 is 17.9 Å². The Balaban J connectivity index is 1.90. The average molecular weight is 447 g/mol. The van der Waals surface area contributed by atoms with Gasteiger partial charge in [-0.3, -0.25) is 0 Å². The summed E-state index contributed by atoms with van der Waals surface area (Å²) >= 11 is 3.35. The number of nitrogens with one attached hydrogen (secondary N) is 1. The Labute approximate surface area is 164 Å². The van der Waals surface area contributed by atoms with Gasteiger partial charge >= 0.3 is 6.09 Å². The highest BCUT2D eigenvalue weighted by Crippen LogP contribution is 2.22. The summed E-state index contributed by atoms with van der Waals surface area (Å²) in [6, 6.07) is 7.31. The number of carbonyl (C=O) groups is 1. The van der Waals surface area contributed by atoms with Gasteiger partial charge in [-0.2, -0.15) is 0 Å². The number of rotatable bonds is 5. The highest BCUT2D eigenvalue weighted by Gasteiger charge is 2.29. The summed E-state index contributed by atoms with van der Waals surface area (Å²) in [4.78, 5) is 11.8. The third-order valence-electron chi connectivity index (χ3n) is 4.07. The third kappa shape index (κ3) is 6.89. The molecule has 1 heterocycles. The van der Waals surface area contributed by atoms with E-state index in [1.807, 2.05) is 45.0 Å². The van der Waals surface area contributed by atoms with Gasteiger partial charge in [-0.05, 0) is 57.2 Å². The molecule has 8 heteroatoms. The molecule has 0 bridgehead atoms. The number of halogens is 1. The standard InChI is InChI=1S/C18H27BrN2O4S/c1-18(2,3)25-17(22)20-11-15-5-4-10-21(12-15)26(23,24)13-14-6-8-16(19)9-7-14/h6-9,15H,4-5,10-13H2,1-3H3,(H,20,22). The maximum absolute atomic E-state index is 12.7. The van der Waals surface area contributed by atoms with Gasteiger partial charge in [0.1, 0.15) is 5.60 Å². The summed E-state index contributed by atoms with van der Waals surface area (Å²) in [5, 5.41) is 2.75. The van der Waals surface area contributed by atoms with Crippen LogP contribution in [0.25, 0.3) is 0 Å². The summed E-state index contributed by atoms with van der Waals surface area (Å²) < 4.78 is 33.1. The zero-order valence-electron chi connectivity index (χ0n) is 15.5. The predicted octanol–water partition coefficient (Wildman–Crippen LogP) is 3.52. The van der Waals surface area contributed by atoms with E-state index in [-0.39, 0.29) is 11.7 Å². The first-order chi connectivity index (χ1) is 12.0. The molecule has 0 spiro atoms. The minimum Gasteiger partial charge on any atom is -0.444 e. The molecular formula is C18H27BrN2O4S. The van der Waals surface area contributed by atoms with Crippen LogP contribution in [0.1, 0.15) is 39.2 Å². The van der Waals surface area contributed by atoms with Gasteiger partial charge in [0, 0.05) is 24.1 Å². The molecule has 2 rings (SSSR count). The van der Waals surface area contributed by atoms with Crippen LogP contribution in [0.4, 0.5) is 4.79 Å².